The molecule has 9 heteroatoms. The molecule has 1 aliphatic carbocycles. The van der Waals surface area contributed by atoms with Crippen molar-refractivity contribution in [1.82, 2.24) is 9.97 Å². The summed E-state index contributed by atoms with van der Waals surface area (Å²) in [6, 6.07) is 11.9. The number of nitrogens with zero attached hydrogens (tertiary/aromatic N) is 2. The van der Waals surface area contributed by atoms with Gasteiger partial charge in [-0.2, -0.15) is 0 Å². The summed E-state index contributed by atoms with van der Waals surface area (Å²) in [7, 11) is 0. The number of ketones is 1. The lowest BCUT2D eigenvalue weighted by Gasteiger charge is -2.16. The molecule has 0 saturated carbocycles. The van der Waals surface area contributed by atoms with Crippen LogP contribution in [-0.2, 0) is 12.8 Å². The highest BCUT2D eigenvalue weighted by molar-refractivity contribution is 7.99. The van der Waals surface area contributed by atoms with E-state index >= 15 is 0 Å². The van der Waals surface area contributed by atoms with E-state index in [1.807, 2.05) is 5.38 Å². The minimum Gasteiger partial charge on any atom is -0.301 e. The number of nitro benzene ring substituents is 1. The number of hydrogen-bond acceptors (Lipinski definition) is 7. The predicted octanol–water partition coefficient (Wildman–Crippen LogP) is 5.41. The van der Waals surface area contributed by atoms with E-state index < -0.39 is 4.92 Å². The van der Waals surface area contributed by atoms with Crippen molar-refractivity contribution >= 4 is 44.8 Å². The van der Waals surface area contributed by atoms with Crippen LogP contribution in [0.25, 0.3) is 21.3 Å². The maximum atomic E-state index is 12.9. The molecule has 1 aliphatic rings. The second kappa shape index (κ2) is 8.92. The number of thioether (sulfide) groups is 1. The summed E-state index contributed by atoms with van der Waals surface area (Å²) in [6.07, 6.45) is 4.61. The van der Waals surface area contributed by atoms with E-state index in [1.165, 1.54) is 59.6 Å². The third-order valence-corrected chi connectivity index (χ3v) is 7.57. The van der Waals surface area contributed by atoms with Crippen LogP contribution in [0.4, 0.5) is 5.69 Å². The lowest BCUT2D eigenvalue weighted by Crippen LogP contribution is -2.10. The molecule has 2 aromatic carbocycles. The molecule has 0 aliphatic heterocycles. The number of rotatable bonds is 6. The zero-order chi connectivity index (χ0) is 22.9. The highest BCUT2D eigenvalue weighted by Crippen LogP contribution is 2.34. The number of hydrogen-bond donors (Lipinski definition) is 1. The fourth-order valence-electron chi connectivity index (χ4n) is 4.10. The number of nitrogens with one attached hydrogen (secondary N) is 1. The Hall–Kier alpha value is -3.30. The normalized spacial score (nSPS) is 13.1. The van der Waals surface area contributed by atoms with Crippen molar-refractivity contribution in [1.29, 1.82) is 0 Å². The van der Waals surface area contributed by atoms with Gasteiger partial charge in [-0.1, -0.05) is 30.0 Å². The molecule has 7 nitrogen and oxygen atoms in total. The number of aryl methyl sites for hydroxylation is 2. The van der Waals surface area contributed by atoms with Gasteiger partial charge in [0.15, 0.2) is 10.9 Å². The van der Waals surface area contributed by atoms with Crippen molar-refractivity contribution in [3.63, 3.8) is 0 Å². The molecule has 2 aromatic heterocycles. The van der Waals surface area contributed by atoms with Gasteiger partial charge >= 0.3 is 0 Å². The summed E-state index contributed by atoms with van der Waals surface area (Å²) in [5.74, 6) is -0.131. The summed E-state index contributed by atoms with van der Waals surface area (Å²) >= 11 is 2.56. The topological polar surface area (TPSA) is 106 Å². The van der Waals surface area contributed by atoms with Gasteiger partial charge in [0.05, 0.1) is 16.1 Å². The maximum absolute atomic E-state index is 12.9. The number of carbonyl (C=O) groups excluding carboxylic acids is 1. The van der Waals surface area contributed by atoms with E-state index in [0.717, 1.165) is 35.7 Å². The van der Waals surface area contributed by atoms with Crippen molar-refractivity contribution < 1.29 is 9.72 Å². The third-order valence-electron chi connectivity index (χ3n) is 5.82. The molecule has 0 amide bonds. The van der Waals surface area contributed by atoms with Gasteiger partial charge in [-0.3, -0.25) is 19.7 Å². The van der Waals surface area contributed by atoms with Gasteiger partial charge in [0.2, 0.25) is 0 Å². The first-order valence-corrected chi connectivity index (χ1v) is 12.4. The summed E-state index contributed by atoms with van der Waals surface area (Å²) in [5.41, 5.74) is 4.76. The predicted molar refractivity (Wildman–Crippen MR) is 130 cm³/mol. The van der Waals surface area contributed by atoms with Crippen LogP contribution in [0.5, 0.6) is 0 Å². The van der Waals surface area contributed by atoms with E-state index in [9.17, 15) is 19.7 Å². The second-order valence-electron chi connectivity index (χ2n) is 7.91. The molecule has 0 radical (unpaired) electrons. The molecule has 0 saturated heterocycles. The Kier molecular flexibility index (Phi) is 5.82. The van der Waals surface area contributed by atoms with Crippen LogP contribution in [0.1, 0.15) is 34.3 Å². The molecule has 2 heterocycles. The molecule has 0 unspecified atom stereocenters. The van der Waals surface area contributed by atoms with E-state index in [4.69, 9.17) is 0 Å². The van der Waals surface area contributed by atoms with E-state index in [0.29, 0.717) is 20.9 Å². The van der Waals surface area contributed by atoms with Crippen LogP contribution < -0.4 is 5.56 Å². The van der Waals surface area contributed by atoms with E-state index in [-0.39, 0.29) is 22.8 Å². The smallest absolute Gasteiger partial charge is 0.269 e. The standard InChI is InChI=1S/C24H19N3O4S2/c28-20(15-7-9-18(10-8-15)27(30)31)13-33-24-25-22(29)21-19(12-32-23(21)26-24)17-6-5-14-3-1-2-4-16(14)11-17/h5-12H,1-4,13H2,(H,25,26,29). The van der Waals surface area contributed by atoms with Gasteiger partial charge in [-0.25, -0.2) is 4.98 Å². The Bertz CT molecular complexity index is 1440. The van der Waals surface area contributed by atoms with Crippen molar-refractivity contribution in [2.45, 2.75) is 30.8 Å². The first-order valence-electron chi connectivity index (χ1n) is 10.5. The molecule has 166 valence electrons. The summed E-state index contributed by atoms with van der Waals surface area (Å²) < 4.78 is 0. The molecular weight excluding hydrogens is 458 g/mol. The number of fused-ring (bicyclic) bond motifs is 2. The summed E-state index contributed by atoms with van der Waals surface area (Å²) in [4.78, 5) is 43.6. The number of H-pyrrole nitrogens is 1. The third kappa shape index (κ3) is 4.34. The minimum atomic E-state index is -0.508. The van der Waals surface area contributed by atoms with Gasteiger partial charge in [0, 0.05) is 28.6 Å². The van der Waals surface area contributed by atoms with Crippen molar-refractivity contribution in [3.8, 4) is 11.1 Å². The van der Waals surface area contributed by atoms with Crippen molar-refractivity contribution in [3.05, 3.63) is 85.0 Å². The van der Waals surface area contributed by atoms with Gasteiger partial charge in [0.1, 0.15) is 4.83 Å². The zero-order valence-electron chi connectivity index (χ0n) is 17.5. The fourth-order valence-corrected chi connectivity index (χ4v) is 5.86. The van der Waals surface area contributed by atoms with E-state index in [2.05, 4.69) is 28.2 Å². The average molecular weight is 478 g/mol. The first-order chi connectivity index (χ1) is 16.0. The lowest BCUT2D eigenvalue weighted by molar-refractivity contribution is -0.384. The number of nitro groups is 1. The van der Waals surface area contributed by atoms with Crippen molar-refractivity contribution in [2.24, 2.45) is 0 Å². The molecule has 0 fully saturated rings. The van der Waals surface area contributed by atoms with Crippen LogP contribution in [0.15, 0.2) is 57.8 Å². The van der Waals surface area contributed by atoms with Gasteiger partial charge < -0.3 is 4.98 Å². The quantitative estimate of drug-likeness (QED) is 0.131. The number of Topliss-reactive ketones (excluding diaryl/α,β-unsaturated/α-hetero) is 1. The Labute approximate surface area is 197 Å². The van der Waals surface area contributed by atoms with Crippen molar-refractivity contribution in [2.75, 3.05) is 5.75 Å². The molecule has 0 atom stereocenters. The number of thiophene rings is 1. The first kappa shape index (κ1) is 21.5. The number of aromatic amines is 1. The van der Waals surface area contributed by atoms with Crippen LogP contribution in [0.3, 0.4) is 0 Å². The largest absolute Gasteiger partial charge is 0.301 e. The SMILES string of the molecule is O=C(CSc1nc2scc(-c3ccc4c(c3)CCCC4)c2c(=O)[nH]1)c1ccc([N+](=O)[O-])cc1. The molecule has 33 heavy (non-hydrogen) atoms. The van der Waals surface area contributed by atoms with Crippen LogP contribution in [0.2, 0.25) is 0 Å². The summed E-state index contributed by atoms with van der Waals surface area (Å²) in [5, 5.41) is 13.7. The highest BCUT2D eigenvalue weighted by atomic mass is 32.2. The minimum absolute atomic E-state index is 0.0648. The molecule has 4 aromatic rings. The van der Waals surface area contributed by atoms with E-state index in [1.54, 1.807) is 0 Å². The van der Waals surface area contributed by atoms with Gasteiger partial charge in [-0.15, -0.1) is 11.3 Å². The molecular formula is C24H19N3O4S2. The second-order valence-corrected chi connectivity index (χ2v) is 9.73. The van der Waals surface area contributed by atoms with Crippen LogP contribution >= 0.6 is 23.1 Å². The monoisotopic (exact) mass is 477 g/mol. The lowest BCUT2D eigenvalue weighted by atomic mass is 9.89. The number of benzene rings is 2. The fraction of sp³-hybridized carbons (Fsp3) is 0.208. The molecule has 5 rings (SSSR count). The van der Waals surface area contributed by atoms with Crippen LogP contribution in [0, 0.1) is 10.1 Å². The Balaban J connectivity index is 1.36. The Morgan fingerprint density at radius 2 is 1.88 bits per heavy atom. The molecule has 0 spiro atoms. The number of aromatic nitrogens is 2. The Morgan fingerprint density at radius 1 is 1.12 bits per heavy atom. The summed E-state index contributed by atoms with van der Waals surface area (Å²) in [6.45, 7) is 0. The molecule has 1 N–H and O–H groups in total. The van der Waals surface area contributed by atoms with Crippen LogP contribution in [-0.4, -0.2) is 26.4 Å². The highest BCUT2D eigenvalue weighted by Gasteiger charge is 2.17. The average Bonchev–Trinajstić information content (AvgIpc) is 3.27. The molecule has 0 bridgehead atoms. The van der Waals surface area contributed by atoms with Gasteiger partial charge in [-0.05, 0) is 54.5 Å². The van der Waals surface area contributed by atoms with Gasteiger partial charge in [0.25, 0.3) is 11.2 Å². The number of non-ortho nitro benzene ring substituents is 1. The zero-order valence-corrected chi connectivity index (χ0v) is 19.1. The maximum Gasteiger partial charge on any atom is 0.269 e. The Morgan fingerprint density at radius 3 is 2.64 bits per heavy atom. The number of carbonyl (C=O) groups is 1.